The van der Waals surface area contributed by atoms with E-state index in [0.717, 1.165) is 31.2 Å². The number of amides is 3. The maximum atomic E-state index is 12.4. The van der Waals surface area contributed by atoms with Crippen LogP contribution in [0.5, 0.6) is 0 Å². The molecule has 0 unspecified atom stereocenters. The van der Waals surface area contributed by atoms with Crippen molar-refractivity contribution in [1.82, 2.24) is 15.5 Å². The topological polar surface area (TPSA) is 61.4 Å². The van der Waals surface area contributed by atoms with Crippen molar-refractivity contribution in [2.75, 3.05) is 13.1 Å². The van der Waals surface area contributed by atoms with Gasteiger partial charge in [-0.05, 0) is 62.8 Å². The zero-order valence-electron chi connectivity index (χ0n) is 15.3. The van der Waals surface area contributed by atoms with E-state index in [4.69, 9.17) is 0 Å². The van der Waals surface area contributed by atoms with Crippen molar-refractivity contribution in [2.24, 2.45) is 0 Å². The first-order chi connectivity index (χ1) is 12.0. The van der Waals surface area contributed by atoms with Gasteiger partial charge in [0.1, 0.15) is 0 Å². The highest BCUT2D eigenvalue weighted by molar-refractivity contribution is 5.94. The van der Waals surface area contributed by atoms with Gasteiger partial charge in [0.15, 0.2) is 0 Å². The summed E-state index contributed by atoms with van der Waals surface area (Å²) in [6.07, 6.45) is 6.28. The van der Waals surface area contributed by atoms with Gasteiger partial charge >= 0.3 is 6.03 Å². The fraction of sp³-hybridized carbons (Fsp3) is 0.600. The molecule has 3 amide bonds. The molecule has 0 radical (unpaired) electrons. The van der Waals surface area contributed by atoms with E-state index in [0.29, 0.717) is 24.7 Å². The Morgan fingerprint density at radius 3 is 2.20 bits per heavy atom. The van der Waals surface area contributed by atoms with E-state index in [9.17, 15) is 9.59 Å². The van der Waals surface area contributed by atoms with Crippen LogP contribution >= 0.6 is 0 Å². The second-order valence-electron chi connectivity index (χ2n) is 7.46. The molecule has 1 aromatic carbocycles. The maximum Gasteiger partial charge on any atom is 0.317 e. The van der Waals surface area contributed by atoms with Crippen LogP contribution in [0.15, 0.2) is 18.2 Å². The summed E-state index contributed by atoms with van der Waals surface area (Å²) in [5.74, 6) is -0.0167. The largest absolute Gasteiger partial charge is 0.349 e. The molecule has 0 aromatic heterocycles. The quantitative estimate of drug-likeness (QED) is 0.886. The molecule has 25 heavy (non-hydrogen) atoms. The highest BCUT2D eigenvalue weighted by Crippen LogP contribution is 2.19. The van der Waals surface area contributed by atoms with Gasteiger partial charge in [-0.25, -0.2) is 4.79 Å². The molecule has 1 heterocycles. The third-order valence-corrected chi connectivity index (χ3v) is 5.57. The third kappa shape index (κ3) is 4.53. The summed E-state index contributed by atoms with van der Waals surface area (Å²) in [5.41, 5.74) is 3.04. The van der Waals surface area contributed by atoms with Crippen LogP contribution in [0.4, 0.5) is 4.79 Å². The van der Waals surface area contributed by atoms with Crippen molar-refractivity contribution in [3.8, 4) is 0 Å². The Morgan fingerprint density at radius 2 is 1.56 bits per heavy atom. The first-order valence-electron chi connectivity index (χ1n) is 9.46. The summed E-state index contributed by atoms with van der Waals surface area (Å²) >= 11 is 0. The fourth-order valence-corrected chi connectivity index (χ4v) is 3.71. The van der Waals surface area contributed by atoms with E-state index in [2.05, 4.69) is 10.6 Å². The number of hydrogen-bond donors (Lipinski definition) is 2. The molecule has 0 spiro atoms. The molecule has 2 fully saturated rings. The fourth-order valence-electron chi connectivity index (χ4n) is 3.71. The normalized spacial score (nSPS) is 19.0. The van der Waals surface area contributed by atoms with Crippen LogP contribution in [0, 0.1) is 13.8 Å². The summed E-state index contributed by atoms with van der Waals surface area (Å²) < 4.78 is 0. The zero-order chi connectivity index (χ0) is 17.8. The summed E-state index contributed by atoms with van der Waals surface area (Å²) in [7, 11) is 0. The molecule has 136 valence electrons. The number of nitrogens with zero attached hydrogens (tertiary/aromatic N) is 1. The van der Waals surface area contributed by atoms with Crippen molar-refractivity contribution in [3.05, 3.63) is 34.9 Å². The van der Waals surface area contributed by atoms with Crippen LogP contribution in [0.3, 0.4) is 0 Å². The van der Waals surface area contributed by atoms with E-state index >= 15 is 0 Å². The number of rotatable bonds is 3. The molecular weight excluding hydrogens is 314 g/mol. The summed E-state index contributed by atoms with van der Waals surface area (Å²) in [6.45, 7) is 5.48. The molecule has 0 atom stereocenters. The average Bonchev–Trinajstić information content (AvgIpc) is 3.11. The van der Waals surface area contributed by atoms with Gasteiger partial charge in [-0.15, -0.1) is 0 Å². The molecule has 2 N–H and O–H groups in total. The molecular formula is C20H29N3O2. The van der Waals surface area contributed by atoms with Crippen LogP contribution in [0.2, 0.25) is 0 Å². The minimum Gasteiger partial charge on any atom is -0.349 e. The lowest BCUT2D eigenvalue weighted by Gasteiger charge is -2.33. The number of piperidine rings is 1. The smallest absolute Gasteiger partial charge is 0.317 e. The van der Waals surface area contributed by atoms with E-state index in [1.165, 1.54) is 18.4 Å². The van der Waals surface area contributed by atoms with E-state index < -0.39 is 0 Å². The maximum absolute atomic E-state index is 12.4. The highest BCUT2D eigenvalue weighted by atomic mass is 16.2. The molecule has 1 saturated heterocycles. The van der Waals surface area contributed by atoms with Gasteiger partial charge in [0.2, 0.25) is 0 Å². The SMILES string of the molecule is Cc1ccc(C(=O)NC2CCN(C(=O)NC3CCCC3)CC2)cc1C. The van der Waals surface area contributed by atoms with Crippen molar-refractivity contribution in [1.29, 1.82) is 0 Å². The first-order valence-corrected chi connectivity index (χ1v) is 9.46. The molecule has 1 saturated carbocycles. The lowest BCUT2D eigenvalue weighted by atomic mass is 10.0. The van der Waals surface area contributed by atoms with Gasteiger partial charge < -0.3 is 15.5 Å². The number of benzene rings is 1. The molecule has 0 bridgehead atoms. The van der Waals surface area contributed by atoms with Gasteiger partial charge in [0.05, 0.1) is 0 Å². The third-order valence-electron chi connectivity index (χ3n) is 5.57. The van der Waals surface area contributed by atoms with Crippen LogP contribution in [0.1, 0.15) is 60.0 Å². The number of carbonyl (C=O) groups excluding carboxylic acids is 2. The highest BCUT2D eigenvalue weighted by Gasteiger charge is 2.26. The monoisotopic (exact) mass is 343 g/mol. The van der Waals surface area contributed by atoms with E-state index in [1.807, 2.05) is 36.9 Å². The number of carbonyl (C=O) groups is 2. The van der Waals surface area contributed by atoms with Crippen molar-refractivity contribution >= 4 is 11.9 Å². The Bertz CT molecular complexity index is 630. The van der Waals surface area contributed by atoms with E-state index in [-0.39, 0.29) is 18.0 Å². The molecule has 1 aliphatic heterocycles. The Hall–Kier alpha value is -2.04. The number of hydrogen-bond acceptors (Lipinski definition) is 2. The Labute approximate surface area is 150 Å². The van der Waals surface area contributed by atoms with Crippen LogP contribution < -0.4 is 10.6 Å². The Morgan fingerprint density at radius 1 is 0.920 bits per heavy atom. The molecule has 1 aromatic rings. The standard InChI is InChI=1S/C20H29N3O2/c1-14-7-8-16(13-15(14)2)19(24)21-18-9-11-23(12-10-18)20(25)22-17-5-3-4-6-17/h7-8,13,17-18H,3-6,9-12H2,1-2H3,(H,21,24)(H,22,25). The van der Waals surface area contributed by atoms with Crippen molar-refractivity contribution in [3.63, 3.8) is 0 Å². The molecule has 3 rings (SSSR count). The summed E-state index contributed by atoms with van der Waals surface area (Å²) in [5, 5.41) is 6.26. The van der Waals surface area contributed by atoms with Crippen molar-refractivity contribution < 1.29 is 9.59 Å². The van der Waals surface area contributed by atoms with Gasteiger partial charge in [-0.1, -0.05) is 18.9 Å². The van der Waals surface area contributed by atoms with Crippen LogP contribution in [-0.4, -0.2) is 42.0 Å². The van der Waals surface area contributed by atoms with Gasteiger partial charge in [-0.3, -0.25) is 4.79 Å². The molecule has 2 aliphatic rings. The number of nitrogens with one attached hydrogen (secondary N) is 2. The average molecular weight is 343 g/mol. The Kier molecular flexibility index (Phi) is 5.61. The molecule has 1 aliphatic carbocycles. The number of likely N-dealkylation sites (tertiary alicyclic amines) is 1. The van der Waals surface area contributed by atoms with E-state index in [1.54, 1.807) is 0 Å². The summed E-state index contributed by atoms with van der Waals surface area (Å²) in [6, 6.07) is 6.36. The van der Waals surface area contributed by atoms with Gasteiger partial charge in [0, 0.05) is 30.7 Å². The van der Waals surface area contributed by atoms with Crippen LogP contribution in [0.25, 0.3) is 0 Å². The van der Waals surface area contributed by atoms with Gasteiger partial charge in [-0.2, -0.15) is 0 Å². The van der Waals surface area contributed by atoms with Gasteiger partial charge in [0.25, 0.3) is 5.91 Å². The summed E-state index contributed by atoms with van der Waals surface area (Å²) in [4.78, 5) is 26.6. The Balaban J connectivity index is 1.46. The minimum absolute atomic E-state index is 0.0167. The number of urea groups is 1. The lowest BCUT2D eigenvalue weighted by molar-refractivity contribution is 0.0917. The van der Waals surface area contributed by atoms with Crippen LogP contribution in [-0.2, 0) is 0 Å². The predicted molar refractivity (Wildman–Crippen MR) is 98.8 cm³/mol. The molecule has 5 nitrogen and oxygen atoms in total. The molecule has 5 heteroatoms. The van der Waals surface area contributed by atoms with Crippen molar-refractivity contribution in [2.45, 2.75) is 64.5 Å². The predicted octanol–water partition coefficient (Wildman–Crippen LogP) is 3.15. The zero-order valence-corrected chi connectivity index (χ0v) is 15.3. The second kappa shape index (κ2) is 7.89. The number of aryl methyl sites for hydroxylation is 2. The minimum atomic E-state index is -0.0167. The second-order valence-corrected chi connectivity index (χ2v) is 7.46. The first kappa shape index (κ1) is 17.8. The lowest BCUT2D eigenvalue weighted by Crippen LogP contribution is -2.51.